The van der Waals surface area contributed by atoms with E-state index in [1.165, 1.54) is 18.3 Å². The van der Waals surface area contributed by atoms with E-state index in [-0.39, 0.29) is 22.8 Å². The number of amides is 1. The predicted molar refractivity (Wildman–Crippen MR) is 125 cm³/mol. The molecule has 0 atom stereocenters. The summed E-state index contributed by atoms with van der Waals surface area (Å²) in [5.74, 6) is -0.651. The largest absolute Gasteiger partial charge is 0.344 e. The van der Waals surface area contributed by atoms with E-state index < -0.39 is 21.0 Å². The monoisotopic (exact) mass is 462 g/mol. The van der Waals surface area contributed by atoms with Crippen molar-refractivity contribution in [3.05, 3.63) is 78.1 Å². The quantitative estimate of drug-likeness (QED) is 0.406. The standard InChI is InChI=1S/C24H22N4O4S/c1-15(2)33(31,32)18-10-8-16(9-11-18)20-13-26-23-22(28-20)19(12-25-23)24(30)27-14-21(29)17-6-4-3-5-7-17/h3-13,15H,14H2,1-2H3,(H,25,26)(H,27,30). The van der Waals surface area contributed by atoms with Gasteiger partial charge in [0.2, 0.25) is 0 Å². The number of benzene rings is 2. The van der Waals surface area contributed by atoms with Gasteiger partial charge in [0.05, 0.1) is 34.1 Å². The Labute approximate surface area is 191 Å². The van der Waals surface area contributed by atoms with Gasteiger partial charge in [0, 0.05) is 17.3 Å². The van der Waals surface area contributed by atoms with Crippen LogP contribution in [0.1, 0.15) is 34.6 Å². The summed E-state index contributed by atoms with van der Waals surface area (Å²) in [5.41, 5.74) is 2.72. The number of carbonyl (C=O) groups excluding carboxylic acids is 2. The van der Waals surface area contributed by atoms with E-state index in [2.05, 4.69) is 20.3 Å². The molecule has 0 aliphatic carbocycles. The van der Waals surface area contributed by atoms with Gasteiger partial charge < -0.3 is 10.3 Å². The third kappa shape index (κ3) is 4.54. The Morgan fingerprint density at radius 3 is 2.39 bits per heavy atom. The number of sulfone groups is 1. The number of aromatic nitrogens is 3. The molecule has 0 radical (unpaired) electrons. The fourth-order valence-electron chi connectivity index (χ4n) is 3.27. The molecular formula is C24H22N4O4S. The minimum Gasteiger partial charge on any atom is -0.344 e. The maximum atomic E-state index is 12.7. The summed E-state index contributed by atoms with van der Waals surface area (Å²) in [5, 5.41) is 2.11. The first-order valence-corrected chi connectivity index (χ1v) is 11.9. The number of H-pyrrole nitrogens is 1. The number of fused-ring (bicyclic) bond motifs is 1. The molecule has 0 saturated carbocycles. The molecular weight excluding hydrogens is 440 g/mol. The lowest BCUT2D eigenvalue weighted by Crippen LogP contribution is -2.29. The maximum absolute atomic E-state index is 12.7. The lowest BCUT2D eigenvalue weighted by molar-refractivity contribution is 0.0905. The molecule has 0 saturated heterocycles. The van der Waals surface area contributed by atoms with Crippen molar-refractivity contribution in [2.24, 2.45) is 0 Å². The highest BCUT2D eigenvalue weighted by molar-refractivity contribution is 7.92. The first kappa shape index (κ1) is 22.3. The van der Waals surface area contributed by atoms with Gasteiger partial charge in [0.25, 0.3) is 5.91 Å². The van der Waals surface area contributed by atoms with E-state index in [0.29, 0.717) is 28.0 Å². The third-order valence-corrected chi connectivity index (χ3v) is 7.40. The van der Waals surface area contributed by atoms with Gasteiger partial charge >= 0.3 is 0 Å². The fourth-order valence-corrected chi connectivity index (χ4v) is 4.33. The number of rotatable bonds is 7. The van der Waals surface area contributed by atoms with Crippen molar-refractivity contribution in [2.75, 3.05) is 6.54 Å². The summed E-state index contributed by atoms with van der Waals surface area (Å²) >= 11 is 0. The SMILES string of the molecule is CC(C)S(=O)(=O)c1ccc(-c2cnc3[nH]cc(C(=O)NCC(=O)c4ccccc4)c3n2)cc1. The van der Waals surface area contributed by atoms with Crippen LogP contribution >= 0.6 is 0 Å². The van der Waals surface area contributed by atoms with E-state index in [9.17, 15) is 18.0 Å². The molecule has 0 unspecified atom stereocenters. The van der Waals surface area contributed by atoms with Gasteiger partial charge in [-0.2, -0.15) is 0 Å². The van der Waals surface area contributed by atoms with Crippen LogP contribution in [-0.4, -0.2) is 46.9 Å². The fraction of sp³-hybridized carbons (Fsp3) is 0.167. The van der Waals surface area contributed by atoms with Crippen LogP contribution in [0.15, 0.2) is 71.9 Å². The Kier molecular flexibility index (Phi) is 6.06. The lowest BCUT2D eigenvalue weighted by Gasteiger charge is -2.08. The van der Waals surface area contributed by atoms with Crippen LogP contribution in [-0.2, 0) is 9.84 Å². The topological polar surface area (TPSA) is 122 Å². The summed E-state index contributed by atoms with van der Waals surface area (Å²) in [6, 6.07) is 15.1. The summed E-state index contributed by atoms with van der Waals surface area (Å²) in [6.45, 7) is 3.12. The molecule has 9 heteroatoms. The van der Waals surface area contributed by atoms with Crippen LogP contribution < -0.4 is 5.32 Å². The highest BCUT2D eigenvalue weighted by atomic mass is 32.2. The van der Waals surface area contributed by atoms with Crippen molar-refractivity contribution in [2.45, 2.75) is 24.0 Å². The van der Waals surface area contributed by atoms with Gasteiger partial charge in [-0.15, -0.1) is 0 Å². The van der Waals surface area contributed by atoms with Crippen molar-refractivity contribution in [1.29, 1.82) is 0 Å². The number of hydrogen-bond acceptors (Lipinski definition) is 6. The van der Waals surface area contributed by atoms with Gasteiger partial charge in [-0.05, 0) is 26.0 Å². The van der Waals surface area contributed by atoms with E-state index in [1.807, 2.05) is 6.07 Å². The summed E-state index contributed by atoms with van der Waals surface area (Å²) in [6.07, 6.45) is 3.04. The number of Topliss-reactive ketones (excluding diaryl/α,β-unsaturated/α-hetero) is 1. The van der Waals surface area contributed by atoms with Gasteiger partial charge in [-0.1, -0.05) is 42.5 Å². The second kappa shape index (κ2) is 8.95. The molecule has 2 heterocycles. The highest BCUT2D eigenvalue weighted by Crippen LogP contribution is 2.24. The number of carbonyl (C=O) groups is 2. The minimum absolute atomic E-state index is 0.144. The van der Waals surface area contributed by atoms with E-state index in [4.69, 9.17) is 0 Å². The molecule has 8 nitrogen and oxygen atoms in total. The Morgan fingerprint density at radius 1 is 1.03 bits per heavy atom. The smallest absolute Gasteiger partial charge is 0.255 e. The second-order valence-electron chi connectivity index (χ2n) is 7.74. The molecule has 2 aromatic carbocycles. The van der Waals surface area contributed by atoms with Crippen LogP contribution in [0.3, 0.4) is 0 Å². The van der Waals surface area contributed by atoms with E-state index in [1.54, 1.807) is 56.4 Å². The number of nitrogens with one attached hydrogen (secondary N) is 2. The molecule has 1 amide bonds. The van der Waals surface area contributed by atoms with Crippen LogP contribution in [0.4, 0.5) is 0 Å². The van der Waals surface area contributed by atoms with Crippen molar-refractivity contribution in [1.82, 2.24) is 20.3 Å². The van der Waals surface area contributed by atoms with Crippen molar-refractivity contribution in [3.63, 3.8) is 0 Å². The molecule has 0 aliphatic rings. The predicted octanol–water partition coefficient (Wildman–Crippen LogP) is 3.42. The van der Waals surface area contributed by atoms with Crippen molar-refractivity contribution < 1.29 is 18.0 Å². The average Bonchev–Trinajstić information content (AvgIpc) is 3.26. The van der Waals surface area contributed by atoms with E-state index >= 15 is 0 Å². The Bertz CT molecular complexity index is 1430. The van der Waals surface area contributed by atoms with Crippen LogP contribution in [0.25, 0.3) is 22.4 Å². The zero-order chi connectivity index (χ0) is 23.6. The number of hydrogen-bond donors (Lipinski definition) is 2. The Balaban J connectivity index is 1.56. The second-order valence-corrected chi connectivity index (χ2v) is 10.2. The van der Waals surface area contributed by atoms with Crippen LogP contribution in [0, 0.1) is 0 Å². The number of ketones is 1. The first-order chi connectivity index (χ1) is 15.8. The van der Waals surface area contributed by atoms with Crippen molar-refractivity contribution >= 4 is 32.7 Å². The average molecular weight is 463 g/mol. The normalized spacial score (nSPS) is 11.6. The zero-order valence-electron chi connectivity index (χ0n) is 18.1. The third-order valence-electron chi connectivity index (χ3n) is 5.23. The molecule has 0 bridgehead atoms. The summed E-state index contributed by atoms with van der Waals surface area (Å²) in [4.78, 5) is 37.0. The number of aromatic amines is 1. The Morgan fingerprint density at radius 2 is 1.73 bits per heavy atom. The maximum Gasteiger partial charge on any atom is 0.255 e. The van der Waals surface area contributed by atoms with E-state index in [0.717, 1.165) is 0 Å². The molecule has 4 rings (SSSR count). The molecule has 0 aliphatic heterocycles. The number of nitrogens with zero attached hydrogens (tertiary/aromatic N) is 2. The molecule has 0 spiro atoms. The van der Waals surface area contributed by atoms with Gasteiger partial charge in [0.1, 0.15) is 5.52 Å². The first-order valence-electron chi connectivity index (χ1n) is 10.3. The molecule has 33 heavy (non-hydrogen) atoms. The van der Waals surface area contributed by atoms with Gasteiger partial charge in [-0.3, -0.25) is 9.59 Å². The summed E-state index contributed by atoms with van der Waals surface area (Å²) < 4.78 is 24.7. The van der Waals surface area contributed by atoms with Crippen LogP contribution in [0.5, 0.6) is 0 Å². The van der Waals surface area contributed by atoms with Crippen LogP contribution in [0.2, 0.25) is 0 Å². The molecule has 2 aromatic heterocycles. The molecule has 4 aromatic rings. The molecule has 0 fully saturated rings. The zero-order valence-corrected chi connectivity index (χ0v) is 18.9. The lowest BCUT2D eigenvalue weighted by atomic mass is 10.1. The summed E-state index contributed by atoms with van der Waals surface area (Å²) in [7, 11) is -3.37. The molecule has 168 valence electrons. The minimum atomic E-state index is -3.37. The highest BCUT2D eigenvalue weighted by Gasteiger charge is 2.20. The van der Waals surface area contributed by atoms with Gasteiger partial charge in [-0.25, -0.2) is 18.4 Å². The van der Waals surface area contributed by atoms with Gasteiger partial charge in [0.15, 0.2) is 21.3 Å². The molecule has 2 N–H and O–H groups in total. The Hall–Kier alpha value is -3.85. The van der Waals surface area contributed by atoms with Crippen molar-refractivity contribution in [3.8, 4) is 11.3 Å².